The van der Waals surface area contributed by atoms with Gasteiger partial charge in [-0.05, 0) is 49.2 Å². The Bertz CT molecular complexity index is 1080. The van der Waals surface area contributed by atoms with Gasteiger partial charge in [0.2, 0.25) is 0 Å². The van der Waals surface area contributed by atoms with E-state index in [0.29, 0.717) is 91.4 Å². The Morgan fingerprint density at radius 1 is 0.595 bits per heavy atom. The maximum absolute atomic E-state index is 11.6. The van der Waals surface area contributed by atoms with Gasteiger partial charge in [-0.3, -0.25) is 29.2 Å². The van der Waals surface area contributed by atoms with Gasteiger partial charge in [-0.2, -0.15) is 0 Å². The Morgan fingerprint density at radius 3 is 1.24 bits per heavy atom. The molecule has 1 saturated heterocycles. The summed E-state index contributed by atoms with van der Waals surface area (Å²) in [6.07, 6.45) is 1.40. The standard InChI is InChI=1S/C30H46N6O6/c31-7-5-23-1-3-27(37)25(17-23)19-33-9-10-34(20-26-18-24(6-8-32)2-4-28(26)38)12-14-36(22-30(41)42)16-15-35(13-11-33)21-29(39)40/h1-4,17-18,37-38H,5-16,19-22,31-32H2,(H,39,40)(H,41,42). The smallest absolute Gasteiger partial charge is 0.317 e. The molecule has 0 unspecified atom stereocenters. The summed E-state index contributed by atoms with van der Waals surface area (Å²) >= 11 is 0. The molecule has 1 aliphatic heterocycles. The van der Waals surface area contributed by atoms with E-state index in [2.05, 4.69) is 9.80 Å². The second-order valence-corrected chi connectivity index (χ2v) is 10.9. The minimum absolute atomic E-state index is 0.142. The molecule has 1 fully saturated rings. The van der Waals surface area contributed by atoms with Crippen LogP contribution in [0.3, 0.4) is 0 Å². The highest BCUT2D eigenvalue weighted by molar-refractivity contribution is 5.69. The summed E-state index contributed by atoms with van der Waals surface area (Å²) in [5.74, 6) is -1.47. The lowest BCUT2D eigenvalue weighted by atomic mass is 10.1. The quantitative estimate of drug-likeness (QED) is 0.199. The predicted molar refractivity (Wildman–Crippen MR) is 160 cm³/mol. The first-order chi connectivity index (χ1) is 20.2. The summed E-state index contributed by atoms with van der Waals surface area (Å²) in [6, 6.07) is 11.0. The van der Waals surface area contributed by atoms with E-state index >= 15 is 0 Å². The van der Waals surface area contributed by atoms with E-state index in [1.54, 1.807) is 12.1 Å². The zero-order chi connectivity index (χ0) is 30.5. The zero-order valence-electron chi connectivity index (χ0n) is 24.3. The van der Waals surface area contributed by atoms with Crippen LogP contribution in [-0.4, -0.2) is 131 Å². The Hall–Kier alpha value is -3.26. The number of carboxylic acid groups (broad SMARTS) is 2. The molecule has 8 N–H and O–H groups in total. The van der Waals surface area contributed by atoms with E-state index in [1.165, 1.54) is 0 Å². The lowest BCUT2D eigenvalue weighted by Gasteiger charge is -2.34. The van der Waals surface area contributed by atoms with Crippen LogP contribution in [0.2, 0.25) is 0 Å². The van der Waals surface area contributed by atoms with Crippen LogP contribution in [0, 0.1) is 0 Å². The molecular formula is C30H46N6O6. The van der Waals surface area contributed by atoms with Gasteiger partial charge < -0.3 is 31.9 Å². The maximum Gasteiger partial charge on any atom is 0.317 e. The number of aliphatic carboxylic acids is 2. The topological polar surface area (TPSA) is 180 Å². The van der Waals surface area contributed by atoms with Crippen LogP contribution < -0.4 is 11.5 Å². The molecule has 3 rings (SSSR count). The molecule has 0 amide bonds. The van der Waals surface area contributed by atoms with Crippen molar-refractivity contribution in [3.63, 3.8) is 0 Å². The van der Waals surface area contributed by atoms with Crippen molar-refractivity contribution < 1.29 is 30.0 Å². The first-order valence-corrected chi connectivity index (χ1v) is 14.5. The molecule has 232 valence electrons. The fourth-order valence-electron chi connectivity index (χ4n) is 5.25. The monoisotopic (exact) mass is 586 g/mol. The van der Waals surface area contributed by atoms with Crippen molar-refractivity contribution in [1.82, 2.24) is 19.6 Å². The molecule has 0 atom stereocenters. The Balaban J connectivity index is 1.86. The van der Waals surface area contributed by atoms with E-state index in [1.807, 2.05) is 34.1 Å². The second-order valence-electron chi connectivity index (χ2n) is 10.9. The van der Waals surface area contributed by atoms with Crippen LogP contribution in [-0.2, 0) is 35.5 Å². The van der Waals surface area contributed by atoms with Gasteiger partial charge in [-0.1, -0.05) is 24.3 Å². The predicted octanol–water partition coefficient (Wildman–Crippen LogP) is 0.191. The summed E-state index contributed by atoms with van der Waals surface area (Å²) in [5, 5.41) is 40.2. The number of carboxylic acids is 2. The fraction of sp³-hybridized carbons (Fsp3) is 0.533. The minimum atomic E-state index is -0.937. The third kappa shape index (κ3) is 11.2. The molecule has 0 aliphatic carbocycles. The van der Waals surface area contributed by atoms with Gasteiger partial charge in [0.1, 0.15) is 11.5 Å². The van der Waals surface area contributed by atoms with E-state index in [9.17, 15) is 30.0 Å². The van der Waals surface area contributed by atoms with Crippen LogP contribution in [0.25, 0.3) is 0 Å². The lowest BCUT2D eigenvalue weighted by molar-refractivity contribution is -0.140. The average molecular weight is 587 g/mol. The molecule has 12 nitrogen and oxygen atoms in total. The van der Waals surface area contributed by atoms with E-state index < -0.39 is 11.9 Å². The van der Waals surface area contributed by atoms with Crippen molar-refractivity contribution in [2.75, 3.05) is 78.5 Å². The number of benzene rings is 2. The zero-order valence-corrected chi connectivity index (χ0v) is 24.3. The summed E-state index contributed by atoms with van der Waals surface area (Å²) in [4.78, 5) is 31.2. The van der Waals surface area contributed by atoms with Gasteiger partial charge in [0.05, 0.1) is 13.1 Å². The number of carbonyl (C=O) groups is 2. The number of nitrogens with two attached hydrogens (primary N) is 2. The molecule has 0 radical (unpaired) electrons. The van der Waals surface area contributed by atoms with Crippen molar-refractivity contribution in [3.8, 4) is 11.5 Å². The fourth-order valence-corrected chi connectivity index (χ4v) is 5.25. The van der Waals surface area contributed by atoms with Crippen molar-refractivity contribution >= 4 is 11.9 Å². The van der Waals surface area contributed by atoms with Crippen molar-refractivity contribution in [2.24, 2.45) is 11.5 Å². The molecule has 12 heteroatoms. The minimum Gasteiger partial charge on any atom is -0.508 e. The van der Waals surface area contributed by atoms with Gasteiger partial charge in [0.25, 0.3) is 0 Å². The van der Waals surface area contributed by atoms with Crippen LogP contribution in [0.4, 0.5) is 0 Å². The molecule has 0 saturated carbocycles. The van der Waals surface area contributed by atoms with Gasteiger partial charge in [0, 0.05) is 76.6 Å². The maximum atomic E-state index is 11.6. The first kappa shape index (κ1) is 33.2. The van der Waals surface area contributed by atoms with E-state index in [4.69, 9.17) is 11.5 Å². The molecule has 2 aromatic carbocycles. The number of nitrogens with zero attached hydrogens (tertiary/aromatic N) is 4. The van der Waals surface area contributed by atoms with Gasteiger partial charge in [-0.25, -0.2) is 0 Å². The van der Waals surface area contributed by atoms with E-state index in [-0.39, 0.29) is 24.6 Å². The molecule has 1 heterocycles. The SMILES string of the molecule is NCCc1ccc(O)c(CN2CCN(CC(=O)O)CCN(CC(=O)O)CCN(Cc3cc(CCN)ccc3O)CC2)c1. The molecule has 0 bridgehead atoms. The van der Waals surface area contributed by atoms with Gasteiger partial charge in [0.15, 0.2) is 0 Å². The number of hydrogen-bond acceptors (Lipinski definition) is 10. The molecular weight excluding hydrogens is 540 g/mol. The number of rotatable bonds is 12. The van der Waals surface area contributed by atoms with Crippen LogP contribution in [0.15, 0.2) is 36.4 Å². The summed E-state index contributed by atoms with van der Waals surface area (Å²) in [5.41, 5.74) is 15.1. The van der Waals surface area contributed by atoms with Crippen molar-refractivity contribution in [2.45, 2.75) is 25.9 Å². The highest BCUT2D eigenvalue weighted by Crippen LogP contribution is 2.23. The van der Waals surface area contributed by atoms with E-state index in [0.717, 1.165) is 22.3 Å². The molecule has 1 aliphatic rings. The summed E-state index contributed by atoms with van der Waals surface area (Å²) < 4.78 is 0. The average Bonchev–Trinajstić information content (AvgIpc) is 2.93. The molecule has 0 aromatic heterocycles. The third-order valence-electron chi connectivity index (χ3n) is 7.59. The highest BCUT2D eigenvalue weighted by Gasteiger charge is 2.21. The largest absolute Gasteiger partial charge is 0.508 e. The summed E-state index contributed by atoms with van der Waals surface area (Å²) in [7, 11) is 0. The molecule has 2 aromatic rings. The van der Waals surface area contributed by atoms with Crippen LogP contribution in [0.5, 0.6) is 11.5 Å². The number of phenolic OH excluding ortho intramolecular Hbond substituents is 2. The Morgan fingerprint density at radius 2 is 0.929 bits per heavy atom. The Kier molecular flexibility index (Phi) is 13.5. The number of hydrogen-bond donors (Lipinski definition) is 6. The van der Waals surface area contributed by atoms with Crippen LogP contribution in [0.1, 0.15) is 22.3 Å². The molecule has 0 spiro atoms. The van der Waals surface area contributed by atoms with Crippen molar-refractivity contribution in [3.05, 3.63) is 58.7 Å². The Labute approximate surface area is 247 Å². The summed E-state index contributed by atoms with van der Waals surface area (Å²) in [6.45, 7) is 5.77. The number of phenols is 2. The third-order valence-corrected chi connectivity index (χ3v) is 7.59. The van der Waals surface area contributed by atoms with Crippen LogP contribution >= 0.6 is 0 Å². The van der Waals surface area contributed by atoms with Crippen molar-refractivity contribution in [1.29, 1.82) is 0 Å². The van der Waals surface area contributed by atoms with Gasteiger partial charge in [-0.15, -0.1) is 0 Å². The highest BCUT2D eigenvalue weighted by atomic mass is 16.4. The first-order valence-electron chi connectivity index (χ1n) is 14.5. The number of aromatic hydroxyl groups is 2. The molecule has 42 heavy (non-hydrogen) atoms. The second kappa shape index (κ2) is 17.0. The normalized spacial score (nSPS) is 17.0. The lowest BCUT2D eigenvalue weighted by Crippen LogP contribution is -2.47. The van der Waals surface area contributed by atoms with Gasteiger partial charge >= 0.3 is 11.9 Å².